The van der Waals surface area contributed by atoms with Crippen LogP contribution in [0.4, 0.5) is 0 Å². The molecule has 0 spiro atoms. The Kier molecular flexibility index (Phi) is 3.19. The van der Waals surface area contributed by atoms with Crippen molar-refractivity contribution in [2.75, 3.05) is 7.11 Å². The monoisotopic (exact) mass is 283 g/mol. The summed E-state index contributed by atoms with van der Waals surface area (Å²) < 4.78 is 5.06. The van der Waals surface area contributed by atoms with Crippen LogP contribution in [0.25, 0.3) is 22.8 Å². The van der Waals surface area contributed by atoms with E-state index >= 15 is 0 Å². The number of methoxy groups -OCH3 is 1. The lowest BCUT2D eigenvalue weighted by Gasteiger charge is -2.05. The molecule has 0 saturated heterocycles. The Balaban J connectivity index is 2.05. The number of nitrogens with one attached hydrogen (secondary N) is 1. The molecule has 0 amide bonds. The molecule has 21 heavy (non-hydrogen) atoms. The van der Waals surface area contributed by atoms with Crippen LogP contribution in [-0.4, -0.2) is 32.5 Å². The fourth-order valence-corrected chi connectivity index (χ4v) is 2.04. The summed E-state index contributed by atoms with van der Waals surface area (Å²) in [6.07, 6.45) is 0. The summed E-state index contributed by atoms with van der Waals surface area (Å²) in [5.74, 6) is 1.18. The molecule has 0 bridgehead atoms. The summed E-state index contributed by atoms with van der Waals surface area (Å²) in [7, 11) is 1.48. The van der Waals surface area contributed by atoms with Crippen LogP contribution in [0.1, 0.15) is 0 Å². The highest BCUT2D eigenvalue weighted by Crippen LogP contribution is 2.36. The molecular weight excluding hydrogens is 270 g/mol. The number of nitrogens with zero attached hydrogens (tertiary/aromatic N) is 2. The van der Waals surface area contributed by atoms with Crippen molar-refractivity contribution in [3.05, 3.63) is 42.5 Å². The zero-order valence-corrected chi connectivity index (χ0v) is 11.2. The minimum atomic E-state index is -0.0252. The Morgan fingerprint density at radius 1 is 1.00 bits per heavy atom. The third-order valence-electron chi connectivity index (χ3n) is 3.10. The van der Waals surface area contributed by atoms with E-state index in [4.69, 9.17) is 4.74 Å². The van der Waals surface area contributed by atoms with Crippen molar-refractivity contribution in [2.24, 2.45) is 0 Å². The van der Waals surface area contributed by atoms with Gasteiger partial charge in [0.05, 0.1) is 18.2 Å². The fraction of sp³-hybridized carbons (Fsp3) is 0.0667. The number of benzene rings is 2. The Bertz CT molecular complexity index is 783. The third-order valence-corrected chi connectivity index (χ3v) is 3.10. The van der Waals surface area contributed by atoms with Gasteiger partial charge in [0.2, 0.25) is 0 Å². The van der Waals surface area contributed by atoms with Crippen molar-refractivity contribution in [3.63, 3.8) is 0 Å². The summed E-state index contributed by atoms with van der Waals surface area (Å²) in [5.41, 5.74) is 0.992. The molecule has 0 radical (unpaired) electrons. The molecule has 6 nitrogen and oxygen atoms in total. The molecule has 106 valence electrons. The Morgan fingerprint density at radius 2 is 1.76 bits per heavy atom. The number of hydrogen-bond donors (Lipinski definition) is 3. The van der Waals surface area contributed by atoms with Gasteiger partial charge in [0, 0.05) is 0 Å². The lowest BCUT2D eigenvalue weighted by molar-refractivity contribution is 0.374. The largest absolute Gasteiger partial charge is 0.507 e. The number of ether oxygens (including phenoxy) is 1. The van der Waals surface area contributed by atoms with Gasteiger partial charge in [-0.2, -0.15) is 5.10 Å². The number of aromatic nitrogens is 3. The van der Waals surface area contributed by atoms with Gasteiger partial charge < -0.3 is 14.9 Å². The average molecular weight is 283 g/mol. The Labute approximate surface area is 120 Å². The predicted octanol–water partition coefficient (Wildman–Crippen LogP) is 2.56. The standard InChI is InChI=1S/C15H13N3O3/c1-21-12-8-4-6-10(13(12)20)15-16-14(17-18-15)9-5-2-3-7-11(9)19/h2-8,19-20H,1H3,(H,16,17,18). The van der Waals surface area contributed by atoms with Crippen molar-refractivity contribution in [1.29, 1.82) is 0 Å². The molecule has 0 aliphatic carbocycles. The van der Waals surface area contributed by atoms with E-state index in [1.807, 2.05) is 0 Å². The van der Waals surface area contributed by atoms with E-state index in [1.54, 1.807) is 42.5 Å². The van der Waals surface area contributed by atoms with Crippen LogP contribution in [0, 0.1) is 0 Å². The van der Waals surface area contributed by atoms with E-state index in [-0.39, 0.29) is 11.5 Å². The second kappa shape index (κ2) is 5.16. The highest BCUT2D eigenvalue weighted by molar-refractivity contribution is 5.71. The van der Waals surface area contributed by atoms with Crippen LogP contribution in [0.5, 0.6) is 17.2 Å². The minimum Gasteiger partial charge on any atom is -0.507 e. The van der Waals surface area contributed by atoms with Gasteiger partial charge in [0.15, 0.2) is 23.1 Å². The lowest BCUT2D eigenvalue weighted by atomic mass is 10.1. The molecule has 0 atom stereocenters. The Hall–Kier alpha value is -3.02. The van der Waals surface area contributed by atoms with Gasteiger partial charge in [-0.25, -0.2) is 4.98 Å². The van der Waals surface area contributed by atoms with Gasteiger partial charge in [-0.05, 0) is 24.3 Å². The van der Waals surface area contributed by atoms with Gasteiger partial charge in [0.1, 0.15) is 5.75 Å². The van der Waals surface area contributed by atoms with Crippen LogP contribution in [0.3, 0.4) is 0 Å². The lowest BCUT2D eigenvalue weighted by Crippen LogP contribution is -1.87. The Morgan fingerprint density at radius 3 is 2.52 bits per heavy atom. The van der Waals surface area contributed by atoms with Crippen LogP contribution in [-0.2, 0) is 0 Å². The van der Waals surface area contributed by atoms with Crippen molar-refractivity contribution in [3.8, 4) is 40.0 Å². The summed E-state index contributed by atoms with van der Waals surface area (Å²) in [5, 5.41) is 26.8. The molecule has 1 heterocycles. The summed E-state index contributed by atoms with van der Waals surface area (Å²) >= 11 is 0. The summed E-state index contributed by atoms with van der Waals surface area (Å²) in [4.78, 5) is 4.31. The SMILES string of the molecule is COc1cccc(-c2n[nH]c(-c3ccccc3O)n2)c1O. The number of phenolic OH excluding ortho intramolecular Hbond substituents is 2. The molecule has 3 aromatic rings. The van der Waals surface area contributed by atoms with E-state index in [2.05, 4.69) is 15.2 Å². The van der Waals surface area contributed by atoms with Crippen molar-refractivity contribution >= 4 is 0 Å². The first-order valence-corrected chi connectivity index (χ1v) is 6.28. The molecule has 0 unspecified atom stereocenters. The number of hydrogen-bond acceptors (Lipinski definition) is 5. The number of phenols is 2. The molecule has 0 fully saturated rings. The number of rotatable bonds is 3. The highest BCUT2D eigenvalue weighted by atomic mass is 16.5. The molecule has 0 aliphatic heterocycles. The van der Waals surface area contributed by atoms with E-state index < -0.39 is 0 Å². The number of H-pyrrole nitrogens is 1. The summed E-state index contributed by atoms with van der Waals surface area (Å²) in [6.45, 7) is 0. The maximum atomic E-state index is 10.1. The maximum Gasteiger partial charge on any atom is 0.185 e. The van der Waals surface area contributed by atoms with Gasteiger partial charge in [-0.15, -0.1) is 0 Å². The number of para-hydroxylation sites is 2. The fourth-order valence-electron chi connectivity index (χ4n) is 2.04. The number of aromatic hydroxyl groups is 2. The second-order valence-corrected chi connectivity index (χ2v) is 4.38. The van der Waals surface area contributed by atoms with Crippen LogP contribution in [0.2, 0.25) is 0 Å². The second-order valence-electron chi connectivity index (χ2n) is 4.38. The quantitative estimate of drug-likeness (QED) is 0.687. The van der Waals surface area contributed by atoms with Crippen molar-refractivity contribution < 1.29 is 14.9 Å². The molecule has 0 aliphatic rings. The predicted molar refractivity (Wildman–Crippen MR) is 77.1 cm³/mol. The molecule has 0 saturated carbocycles. The normalized spacial score (nSPS) is 10.5. The minimum absolute atomic E-state index is 0.0252. The van der Waals surface area contributed by atoms with E-state index in [1.165, 1.54) is 7.11 Å². The topological polar surface area (TPSA) is 91.3 Å². The van der Waals surface area contributed by atoms with Crippen LogP contribution >= 0.6 is 0 Å². The molecule has 6 heteroatoms. The van der Waals surface area contributed by atoms with Gasteiger partial charge in [-0.3, -0.25) is 5.10 Å². The van der Waals surface area contributed by atoms with Crippen molar-refractivity contribution in [2.45, 2.75) is 0 Å². The van der Waals surface area contributed by atoms with Gasteiger partial charge in [-0.1, -0.05) is 18.2 Å². The number of aromatic amines is 1. The third kappa shape index (κ3) is 2.27. The zero-order chi connectivity index (χ0) is 14.8. The molecule has 3 rings (SSSR count). The van der Waals surface area contributed by atoms with Gasteiger partial charge >= 0.3 is 0 Å². The van der Waals surface area contributed by atoms with Crippen LogP contribution < -0.4 is 4.74 Å². The van der Waals surface area contributed by atoms with Gasteiger partial charge in [0.25, 0.3) is 0 Å². The van der Waals surface area contributed by atoms with Crippen LogP contribution in [0.15, 0.2) is 42.5 Å². The molecule has 2 aromatic carbocycles. The highest BCUT2D eigenvalue weighted by Gasteiger charge is 2.15. The first-order valence-electron chi connectivity index (χ1n) is 6.28. The van der Waals surface area contributed by atoms with E-state index in [9.17, 15) is 10.2 Å². The summed E-state index contributed by atoms with van der Waals surface area (Å²) in [6, 6.07) is 11.9. The average Bonchev–Trinajstić information content (AvgIpc) is 2.97. The van der Waals surface area contributed by atoms with E-state index in [0.29, 0.717) is 28.5 Å². The zero-order valence-electron chi connectivity index (χ0n) is 11.2. The molecule has 3 N–H and O–H groups in total. The van der Waals surface area contributed by atoms with Crippen molar-refractivity contribution in [1.82, 2.24) is 15.2 Å². The first-order chi connectivity index (χ1) is 10.2. The van der Waals surface area contributed by atoms with E-state index in [0.717, 1.165) is 0 Å². The smallest absolute Gasteiger partial charge is 0.185 e. The first kappa shape index (κ1) is 13.0. The molecular formula is C15H13N3O3. The maximum absolute atomic E-state index is 10.1. The molecule has 1 aromatic heterocycles.